The molecular formula is C13H22N2O2. The van der Waals surface area contributed by atoms with E-state index in [1.165, 1.54) is 5.56 Å². The first-order chi connectivity index (χ1) is 8.26. The minimum absolute atomic E-state index is 0.396. The van der Waals surface area contributed by atoms with Crippen LogP contribution >= 0.6 is 0 Å². The van der Waals surface area contributed by atoms with E-state index in [1.807, 2.05) is 12.3 Å². The highest BCUT2D eigenvalue weighted by Crippen LogP contribution is 2.03. The molecule has 96 valence electrons. The number of aliphatic hydroxyl groups is 1. The molecule has 1 atom stereocenters. The first-order valence-corrected chi connectivity index (χ1v) is 6.07. The second-order valence-corrected chi connectivity index (χ2v) is 4.07. The van der Waals surface area contributed by atoms with Gasteiger partial charge in [0.25, 0.3) is 0 Å². The molecule has 0 saturated heterocycles. The quantitative estimate of drug-likeness (QED) is 0.657. The van der Waals surface area contributed by atoms with Gasteiger partial charge in [-0.25, -0.2) is 0 Å². The molecular weight excluding hydrogens is 216 g/mol. The van der Waals surface area contributed by atoms with E-state index in [0.29, 0.717) is 19.6 Å². The van der Waals surface area contributed by atoms with Crippen molar-refractivity contribution in [2.24, 2.45) is 0 Å². The topological polar surface area (TPSA) is 54.4 Å². The van der Waals surface area contributed by atoms with E-state index in [0.717, 1.165) is 18.7 Å². The molecule has 1 heterocycles. The molecule has 1 rings (SSSR count). The number of pyridine rings is 1. The number of nitrogens with one attached hydrogen (secondary N) is 1. The van der Waals surface area contributed by atoms with Gasteiger partial charge in [-0.3, -0.25) is 4.98 Å². The zero-order valence-corrected chi connectivity index (χ0v) is 10.6. The summed E-state index contributed by atoms with van der Waals surface area (Å²) in [6, 6.07) is 4.05. The number of aromatic nitrogens is 1. The van der Waals surface area contributed by atoms with Gasteiger partial charge in [0, 0.05) is 38.5 Å². The van der Waals surface area contributed by atoms with E-state index in [1.54, 1.807) is 7.11 Å². The van der Waals surface area contributed by atoms with Crippen LogP contribution in [0.4, 0.5) is 0 Å². The molecule has 0 fully saturated rings. The summed E-state index contributed by atoms with van der Waals surface area (Å²) in [5.41, 5.74) is 2.16. The van der Waals surface area contributed by atoms with Gasteiger partial charge < -0.3 is 15.2 Å². The van der Waals surface area contributed by atoms with Crippen molar-refractivity contribution >= 4 is 0 Å². The summed E-state index contributed by atoms with van der Waals surface area (Å²) < 4.78 is 4.91. The Morgan fingerprint density at radius 1 is 1.47 bits per heavy atom. The average molecular weight is 238 g/mol. The third-order valence-corrected chi connectivity index (χ3v) is 2.60. The Bertz CT molecular complexity index is 301. The summed E-state index contributed by atoms with van der Waals surface area (Å²) in [6.07, 6.45) is 3.06. The molecule has 1 aromatic rings. The van der Waals surface area contributed by atoms with Gasteiger partial charge in [-0.1, -0.05) is 13.0 Å². The normalized spacial score (nSPS) is 12.6. The minimum atomic E-state index is -0.396. The largest absolute Gasteiger partial charge is 0.391 e. The molecule has 0 aliphatic heterocycles. The second kappa shape index (κ2) is 8.17. The molecule has 1 aromatic heterocycles. The maximum absolute atomic E-state index is 9.79. The molecule has 4 heteroatoms. The Labute approximate surface area is 103 Å². The average Bonchev–Trinajstić information content (AvgIpc) is 2.36. The first-order valence-electron chi connectivity index (χ1n) is 6.07. The predicted octanol–water partition coefficient (Wildman–Crippen LogP) is 0.783. The van der Waals surface area contributed by atoms with Crippen LogP contribution in [0.2, 0.25) is 0 Å². The van der Waals surface area contributed by atoms with Crippen molar-refractivity contribution in [3.05, 3.63) is 29.6 Å². The number of nitrogens with zero attached hydrogens (tertiary/aromatic N) is 1. The predicted molar refractivity (Wildman–Crippen MR) is 68.1 cm³/mol. The van der Waals surface area contributed by atoms with Crippen LogP contribution in [0.5, 0.6) is 0 Å². The molecule has 17 heavy (non-hydrogen) atoms. The van der Waals surface area contributed by atoms with Crippen LogP contribution in [0.25, 0.3) is 0 Å². The molecule has 0 radical (unpaired) electrons. The van der Waals surface area contributed by atoms with Crippen molar-refractivity contribution in [3.8, 4) is 0 Å². The summed E-state index contributed by atoms with van der Waals surface area (Å²) in [5.74, 6) is 0. The lowest BCUT2D eigenvalue weighted by atomic mass is 10.1. The third-order valence-electron chi connectivity index (χ3n) is 2.60. The van der Waals surface area contributed by atoms with Gasteiger partial charge in [0.2, 0.25) is 0 Å². The highest BCUT2D eigenvalue weighted by atomic mass is 16.5. The van der Waals surface area contributed by atoms with Gasteiger partial charge in [-0.05, 0) is 18.1 Å². The van der Waals surface area contributed by atoms with Crippen LogP contribution in [0.15, 0.2) is 18.3 Å². The van der Waals surface area contributed by atoms with Crippen LogP contribution in [-0.4, -0.2) is 43.0 Å². The number of methoxy groups -OCH3 is 1. The van der Waals surface area contributed by atoms with Crippen LogP contribution < -0.4 is 5.32 Å². The van der Waals surface area contributed by atoms with E-state index >= 15 is 0 Å². The van der Waals surface area contributed by atoms with E-state index in [4.69, 9.17) is 4.74 Å². The van der Waals surface area contributed by atoms with Crippen LogP contribution in [0.1, 0.15) is 18.2 Å². The van der Waals surface area contributed by atoms with Crippen molar-refractivity contribution in [2.75, 3.05) is 26.8 Å². The number of aryl methyl sites for hydroxylation is 1. The molecule has 0 aliphatic rings. The maximum atomic E-state index is 9.79. The smallest absolute Gasteiger partial charge is 0.0719 e. The lowest BCUT2D eigenvalue weighted by molar-refractivity contribution is 0.159. The fourth-order valence-electron chi connectivity index (χ4n) is 1.54. The van der Waals surface area contributed by atoms with Gasteiger partial charge in [-0.15, -0.1) is 0 Å². The zero-order valence-electron chi connectivity index (χ0n) is 10.6. The summed E-state index contributed by atoms with van der Waals surface area (Å²) in [7, 11) is 1.66. The van der Waals surface area contributed by atoms with Gasteiger partial charge >= 0.3 is 0 Å². The third kappa shape index (κ3) is 5.77. The van der Waals surface area contributed by atoms with Gasteiger partial charge in [0.05, 0.1) is 12.7 Å². The lowest BCUT2D eigenvalue weighted by Crippen LogP contribution is -2.30. The van der Waals surface area contributed by atoms with Crippen LogP contribution in [0.3, 0.4) is 0 Å². The Hall–Kier alpha value is -0.970. The number of ether oxygens (including phenoxy) is 1. The number of hydrogen-bond donors (Lipinski definition) is 2. The summed E-state index contributed by atoms with van der Waals surface area (Å²) in [4.78, 5) is 4.32. The van der Waals surface area contributed by atoms with Crippen LogP contribution in [-0.2, 0) is 17.6 Å². The first kappa shape index (κ1) is 14.1. The fourth-order valence-corrected chi connectivity index (χ4v) is 1.54. The van der Waals surface area contributed by atoms with Crippen molar-refractivity contribution in [1.82, 2.24) is 10.3 Å². The molecule has 0 bridgehead atoms. The molecule has 0 spiro atoms. The standard InChI is InChI=1S/C13H22N2O2/c1-3-11-4-5-12(15-9-11)8-13(16)10-14-6-7-17-2/h4-5,9,13-14,16H,3,6-8,10H2,1-2H3. The highest BCUT2D eigenvalue weighted by molar-refractivity contribution is 5.14. The molecule has 0 amide bonds. The van der Waals surface area contributed by atoms with E-state index < -0.39 is 6.10 Å². The maximum Gasteiger partial charge on any atom is 0.0719 e. The van der Waals surface area contributed by atoms with E-state index in [9.17, 15) is 5.11 Å². The Morgan fingerprint density at radius 3 is 2.88 bits per heavy atom. The van der Waals surface area contributed by atoms with Crippen molar-refractivity contribution in [2.45, 2.75) is 25.9 Å². The van der Waals surface area contributed by atoms with Crippen molar-refractivity contribution in [3.63, 3.8) is 0 Å². The Morgan fingerprint density at radius 2 is 2.29 bits per heavy atom. The number of aliphatic hydroxyl groups excluding tert-OH is 1. The van der Waals surface area contributed by atoms with Crippen molar-refractivity contribution in [1.29, 1.82) is 0 Å². The van der Waals surface area contributed by atoms with Gasteiger partial charge in [0.15, 0.2) is 0 Å². The molecule has 0 saturated carbocycles. The Balaban J connectivity index is 2.26. The molecule has 4 nitrogen and oxygen atoms in total. The number of rotatable bonds is 8. The SMILES string of the molecule is CCc1ccc(CC(O)CNCCOC)nc1. The molecule has 2 N–H and O–H groups in total. The van der Waals surface area contributed by atoms with Gasteiger partial charge in [-0.2, -0.15) is 0 Å². The number of hydrogen-bond acceptors (Lipinski definition) is 4. The molecule has 0 aliphatic carbocycles. The van der Waals surface area contributed by atoms with Crippen LogP contribution in [0, 0.1) is 0 Å². The zero-order chi connectivity index (χ0) is 12.5. The minimum Gasteiger partial charge on any atom is -0.391 e. The van der Waals surface area contributed by atoms with Gasteiger partial charge in [0.1, 0.15) is 0 Å². The summed E-state index contributed by atoms with van der Waals surface area (Å²) in [5, 5.41) is 12.9. The highest BCUT2D eigenvalue weighted by Gasteiger charge is 2.05. The second-order valence-electron chi connectivity index (χ2n) is 4.07. The van der Waals surface area contributed by atoms with E-state index in [-0.39, 0.29) is 0 Å². The lowest BCUT2D eigenvalue weighted by Gasteiger charge is -2.11. The molecule has 1 unspecified atom stereocenters. The molecule has 0 aromatic carbocycles. The monoisotopic (exact) mass is 238 g/mol. The Kier molecular flexibility index (Phi) is 6.77. The summed E-state index contributed by atoms with van der Waals surface area (Å²) >= 11 is 0. The van der Waals surface area contributed by atoms with Crippen molar-refractivity contribution < 1.29 is 9.84 Å². The van der Waals surface area contributed by atoms with E-state index in [2.05, 4.69) is 23.3 Å². The summed E-state index contributed by atoms with van der Waals surface area (Å²) in [6.45, 7) is 4.09. The fraction of sp³-hybridized carbons (Fsp3) is 0.615.